The smallest absolute Gasteiger partial charge is 0.260 e. The second-order valence-corrected chi connectivity index (χ2v) is 5.02. The van der Waals surface area contributed by atoms with Crippen molar-refractivity contribution in [2.75, 3.05) is 38.1 Å². The first kappa shape index (κ1) is 13.2. The van der Waals surface area contributed by atoms with Gasteiger partial charge in [0.1, 0.15) is 12.4 Å². The molecular formula is C14H21N5O. The molecule has 1 N–H and O–H groups in total. The van der Waals surface area contributed by atoms with Crippen molar-refractivity contribution in [1.82, 2.24) is 19.3 Å². The van der Waals surface area contributed by atoms with Gasteiger partial charge in [-0.3, -0.25) is 9.30 Å². The van der Waals surface area contributed by atoms with Crippen LogP contribution in [-0.4, -0.2) is 52.1 Å². The third-order valence-corrected chi connectivity index (χ3v) is 3.55. The number of hydrogen-bond acceptors (Lipinski definition) is 5. The Bertz CT molecular complexity index is 562. The van der Waals surface area contributed by atoms with E-state index in [1.165, 1.54) is 25.9 Å². The van der Waals surface area contributed by atoms with Gasteiger partial charge in [-0.05, 0) is 32.9 Å². The number of aromatic nitrogens is 3. The number of nitrogens with one attached hydrogen (secondary N) is 1. The van der Waals surface area contributed by atoms with E-state index in [9.17, 15) is 0 Å². The summed E-state index contributed by atoms with van der Waals surface area (Å²) in [6.45, 7) is 6.87. The normalized spacial score (nSPS) is 15.8. The van der Waals surface area contributed by atoms with Crippen LogP contribution in [0.3, 0.4) is 0 Å². The molecule has 0 aliphatic carbocycles. The summed E-state index contributed by atoms with van der Waals surface area (Å²) >= 11 is 0. The molecule has 1 fully saturated rings. The Labute approximate surface area is 118 Å². The number of rotatable bonds is 6. The lowest BCUT2D eigenvalue weighted by Gasteiger charge is -2.15. The molecule has 0 atom stereocenters. The van der Waals surface area contributed by atoms with Crippen LogP contribution in [0.1, 0.15) is 19.8 Å². The molecule has 0 radical (unpaired) electrons. The molecule has 0 bridgehead atoms. The minimum absolute atomic E-state index is 0.604. The zero-order valence-corrected chi connectivity index (χ0v) is 11.9. The van der Waals surface area contributed by atoms with Crippen LogP contribution in [0.4, 0.5) is 5.82 Å². The topological polar surface area (TPSA) is 54.7 Å². The third-order valence-electron chi connectivity index (χ3n) is 3.55. The minimum Gasteiger partial charge on any atom is -0.474 e. The van der Waals surface area contributed by atoms with Gasteiger partial charge in [0.05, 0.1) is 6.20 Å². The Balaban J connectivity index is 1.69. The Morgan fingerprint density at radius 2 is 2.20 bits per heavy atom. The highest BCUT2D eigenvalue weighted by atomic mass is 16.5. The van der Waals surface area contributed by atoms with Crippen LogP contribution in [0.5, 0.6) is 5.88 Å². The van der Waals surface area contributed by atoms with Gasteiger partial charge in [-0.25, -0.2) is 4.98 Å². The summed E-state index contributed by atoms with van der Waals surface area (Å²) in [5.41, 5.74) is 0.771. The zero-order valence-electron chi connectivity index (χ0n) is 11.9. The summed E-state index contributed by atoms with van der Waals surface area (Å²) in [6.07, 6.45) is 8.21. The first-order valence-electron chi connectivity index (χ1n) is 7.29. The van der Waals surface area contributed by atoms with E-state index in [0.717, 1.165) is 24.6 Å². The maximum Gasteiger partial charge on any atom is 0.260 e. The molecule has 1 saturated heterocycles. The number of nitrogens with zero attached hydrogens (tertiary/aromatic N) is 4. The van der Waals surface area contributed by atoms with Crippen LogP contribution in [0.15, 0.2) is 18.6 Å². The van der Waals surface area contributed by atoms with Gasteiger partial charge in [0.15, 0.2) is 0 Å². The highest BCUT2D eigenvalue weighted by Crippen LogP contribution is 2.18. The minimum atomic E-state index is 0.604. The number of fused-ring (bicyclic) bond motifs is 1. The van der Waals surface area contributed by atoms with Crippen molar-refractivity contribution in [2.45, 2.75) is 19.8 Å². The quantitative estimate of drug-likeness (QED) is 0.868. The molecule has 0 unspecified atom stereocenters. The summed E-state index contributed by atoms with van der Waals surface area (Å²) in [5, 5.41) is 3.21. The molecule has 0 spiro atoms. The molecule has 0 aromatic carbocycles. The van der Waals surface area contributed by atoms with Gasteiger partial charge >= 0.3 is 0 Å². The fraction of sp³-hybridized carbons (Fsp3) is 0.571. The van der Waals surface area contributed by atoms with Gasteiger partial charge in [-0.2, -0.15) is 4.98 Å². The van der Waals surface area contributed by atoms with E-state index in [2.05, 4.69) is 20.2 Å². The molecule has 1 aliphatic rings. The third kappa shape index (κ3) is 2.85. The lowest BCUT2D eigenvalue weighted by molar-refractivity contribution is 0.233. The molecule has 6 heteroatoms. The van der Waals surface area contributed by atoms with Crippen molar-refractivity contribution in [3.05, 3.63) is 18.6 Å². The van der Waals surface area contributed by atoms with E-state index in [1.807, 2.05) is 23.7 Å². The fourth-order valence-electron chi connectivity index (χ4n) is 2.54. The summed E-state index contributed by atoms with van der Waals surface area (Å²) < 4.78 is 7.79. The molecule has 2 aromatic rings. The Morgan fingerprint density at radius 3 is 3.00 bits per heavy atom. The van der Waals surface area contributed by atoms with Crippen molar-refractivity contribution >= 4 is 11.5 Å². The second-order valence-electron chi connectivity index (χ2n) is 5.02. The molecule has 108 valence electrons. The average molecular weight is 275 g/mol. The predicted octanol–water partition coefficient (Wildman–Crippen LogP) is 1.64. The monoisotopic (exact) mass is 275 g/mol. The molecular weight excluding hydrogens is 254 g/mol. The first-order chi connectivity index (χ1) is 9.86. The number of ether oxygens (including phenoxy) is 1. The highest BCUT2D eigenvalue weighted by molar-refractivity contribution is 5.53. The largest absolute Gasteiger partial charge is 0.474 e. The fourth-order valence-corrected chi connectivity index (χ4v) is 2.54. The van der Waals surface area contributed by atoms with E-state index in [1.54, 1.807) is 6.20 Å². The summed E-state index contributed by atoms with van der Waals surface area (Å²) in [5.74, 6) is 1.42. The highest BCUT2D eigenvalue weighted by Gasteiger charge is 2.12. The van der Waals surface area contributed by atoms with Crippen molar-refractivity contribution in [1.29, 1.82) is 0 Å². The summed E-state index contributed by atoms with van der Waals surface area (Å²) in [6, 6.07) is 0. The Hall–Kier alpha value is -1.82. The lowest BCUT2D eigenvalue weighted by Crippen LogP contribution is -2.25. The molecule has 3 heterocycles. The number of hydrogen-bond donors (Lipinski definition) is 1. The van der Waals surface area contributed by atoms with Crippen LogP contribution < -0.4 is 10.1 Å². The van der Waals surface area contributed by atoms with Gasteiger partial charge < -0.3 is 10.1 Å². The molecule has 0 amide bonds. The zero-order chi connectivity index (χ0) is 13.8. The maximum absolute atomic E-state index is 5.85. The molecule has 6 nitrogen and oxygen atoms in total. The van der Waals surface area contributed by atoms with Gasteiger partial charge in [0, 0.05) is 25.5 Å². The number of anilines is 1. The van der Waals surface area contributed by atoms with E-state index in [0.29, 0.717) is 12.5 Å². The van der Waals surface area contributed by atoms with Crippen LogP contribution >= 0.6 is 0 Å². The van der Waals surface area contributed by atoms with Crippen molar-refractivity contribution in [2.24, 2.45) is 0 Å². The van der Waals surface area contributed by atoms with Crippen LogP contribution in [0.25, 0.3) is 5.65 Å². The predicted molar refractivity (Wildman–Crippen MR) is 78.3 cm³/mol. The van der Waals surface area contributed by atoms with Crippen LogP contribution in [0, 0.1) is 0 Å². The molecule has 3 rings (SSSR count). The standard InChI is InChI=1S/C14H21N5O/c1-2-15-12-11-19-8-5-16-13(19)14(17-12)20-10-9-18-6-3-4-7-18/h5,8,11,15H,2-4,6-7,9-10H2,1H3. The van der Waals surface area contributed by atoms with Crippen LogP contribution in [0.2, 0.25) is 0 Å². The van der Waals surface area contributed by atoms with Crippen molar-refractivity contribution < 1.29 is 4.74 Å². The molecule has 1 aliphatic heterocycles. The molecule has 0 saturated carbocycles. The van der Waals surface area contributed by atoms with Crippen molar-refractivity contribution in [3.63, 3.8) is 0 Å². The van der Waals surface area contributed by atoms with Crippen molar-refractivity contribution in [3.8, 4) is 5.88 Å². The first-order valence-corrected chi connectivity index (χ1v) is 7.29. The lowest BCUT2D eigenvalue weighted by atomic mass is 10.4. The summed E-state index contributed by atoms with van der Waals surface area (Å²) in [4.78, 5) is 11.2. The van der Waals surface area contributed by atoms with Gasteiger partial charge in [-0.1, -0.05) is 0 Å². The van der Waals surface area contributed by atoms with Gasteiger partial charge in [-0.15, -0.1) is 0 Å². The molecule has 2 aromatic heterocycles. The Kier molecular flexibility index (Phi) is 4.01. The van der Waals surface area contributed by atoms with E-state index in [4.69, 9.17) is 4.74 Å². The summed E-state index contributed by atoms with van der Waals surface area (Å²) in [7, 11) is 0. The SMILES string of the molecule is CCNc1cn2ccnc2c(OCCN2CCCC2)n1. The van der Waals surface area contributed by atoms with Crippen LogP contribution in [-0.2, 0) is 0 Å². The van der Waals surface area contributed by atoms with E-state index >= 15 is 0 Å². The second kappa shape index (κ2) is 6.09. The molecule has 20 heavy (non-hydrogen) atoms. The van der Waals surface area contributed by atoms with E-state index in [-0.39, 0.29) is 0 Å². The van der Waals surface area contributed by atoms with Gasteiger partial charge in [0.2, 0.25) is 5.65 Å². The number of likely N-dealkylation sites (tertiary alicyclic amines) is 1. The maximum atomic E-state index is 5.85. The van der Waals surface area contributed by atoms with Gasteiger partial charge in [0.25, 0.3) is 5.88 Å². The average Bonchev–Trinajstić information content (AvgIpc) is 3.09. The Morgan fingerprint density at radius 1 is 1.35 bits per heavy atom. The number of imidazole rings is 1. The van der Waals surface area contributed by atoms with E-state index < -0.39 is 0 Å².